The van der Waals surface area contributed by atoms with E-state index in [9.17, 15) is 14.4 Å². The molecule has 0 saturated carbocycles. The number of hydrogen-bond donors (Lipinski definition) is 1. The molecule has 1 aliphatic heterocycles. The minimum Gasteiger partial charge on any atom is -0.497 e. The normalized spacial score (nSPS) is 14.4. The molecule has 0 unspecified atom stereocenters. The van der Waals surface area contributed by atoms with Gasteiger partial charge >= 0.3 is 0 Å². The van der Waals surface area contributed by atoms with Crippen molar-refractivity contribution >= 4 is 45.8 Å². The number of carbonyl (C=O) groups is 2. The second kappa shape index (κ2) is 13.7. The van der Waals surface area contributed by atoms with E-state index in [1.54, 1.807) is 35.8 Å². The first-order valence-electron chi connectivity index (χ1n) is 15.7. The average Bonchev–Trinajstić information content (AvgIpc) is 3.60. The zero-order valence-electron chi connectivity index (χ0n) is 27.5. The minimum atomic E-state index is -0.801. The fraction of sp³-hybridized carbons (Fsp3) is 0.243. The third kappa shape index (κ3) is 6.04. The molecular weight excluding hydrogens is 627 g/mol. The number of nitrogens with one attached hydrogen (secondary N) is 1. The van der Waals surface area contributed by atoms with Crippen LogP contribution >= 0.6 is 11.3 Å². The van der Waals surface area contributed by atoms with E-state index >= 15 is 0 Å². The summed E-state index contributed by atoms with van der Waals surface area (Å²) in [6.45, 7) is 6.76. The highest BCUT2D eigenvalue weighted by Gasteiger charge is 2.36. The number of likely N-dealkylation sites (N-methyl/N-ethyl adjacent to an activating group) is 1. The molecule has 11 heteroatoms. The molecule has 0 saturated heterocycles. The van der Waals surface area contributed by atoms with Crippen LogP contribution in [0.15, 0.2) is 100 Å². The van der Waals surface area contributed by atoms with Crippen molar-refractivity contribution in [2.45, 2.75) is 33.4 Å². The second-order valence-corrected chi connectivity index (χ2v) is 12.3. The Morgan fingerprint density at radius 2 is 1.73 bits per heavy atom. The predicted octanol–water partition coefficient (Wildman–Crippen LogP) is 4.71. The van der Waals surface area contributed by atoms with Gasteiger partial charge in [0, 0.05) is 47.0 Å². The van der Waals surface area contributed by atoms with Gasteiger partial charge in [-0.25, -0.2) is 4.99 Å². The van der Waals surface area contributed by atoms with Crippen molar-refractivity contribution in [3.8, 4) is 11.5 Å². The van der Waals surface area contributed by atoms with Crippen LogP contribution in [0.3, 0.4) is 0 Å². The number of allylic oxidation sites excluding steroid dienone is 1. The Kier molecular flexibility index (Phi) is 9.31. The van der Waals surface area contributed by atoms with Gasteiger partial charge in [0.25, 0.3) is 11.5 Å². The smallest absolute Gasteiger partial charge is 0.271 e. The van der Waals surface area contributed by atoms with Crippen molar-refractivity contribution in [1.29, 1.82) is 0 Å². The topological polar surface area (TPSA) is 107 Å². The summed E-state index contributed by atoms with van der Waals surface area (Å²) in [5.74, 6) is 0.733. The zero-order chi connectivity index (χ0) is 33.9. The van der Waals surface area contributed by atoms with Crippen LogP contribution in [0.4, 0.5) is 5.69 Å². The molecule has 48 heavy (non-hydrogen) atoms. The Labute approximate surface area is 281 Å². The van der Waals surface area contributed by atoms with Crippen LogP contribution in [0.1, 0.15) is 37.9 Å². The van der Waals surface area contributed by atoms with E-state index in [1.165, 1.54) is 11.3 Å². The van der Waals surface area contributed by atoms with Crippen molar-refractivity contribution in [3.05, 3.63) is 121 Å². The standard InChI is InChI=1S/C37H37N5O5S/c1-6-40(7-2)36(45)33-23(3)38-37-42(34(33)28-20-26(46-4)17-18-30(28)47-5)35(44)31(48-37)19-24-21-41(29-16-12-11-15-27(24)29)22-32(43)39-25-13-9-8-10-14-25/h8-21,34H,6-7,22H2,1-5H3,(H,39,43)/b31-19+/t34-/m1/s1. The average molecular weight is 664 g/mol. The molecule has 1 aliphatic rings. The van der Waals surface area contributed by atoms with E-state index in [-0.39, 0.29) is 23.9 Å². The number of anilines is 1. The fourth-order valence-electron chi connectivity index (χ4n) is 6.16. The van der Waals surface area contributed by atoms with Crippen molar-refractivity contribution in [2.75, 3.05) is 32.6 Å². The highest BCUT2D eigenvalue weighted by Crippen LogP contribution is 2.38. The van der Waals surface area contributed by atoms with Gasteiger partial charge in [-0.05, 0) is 63.2 Å². The lowest BCUT2D eigenvalue weighted by molar-refractivity contribution is -0.127. The van der Waals surface area contributed by atoms with Gasteiger partial charge in [0.15, 0.2) is 4.80 Å². The molecule has 5 aromatic rings. The first kappa shape index (κ1) is 32.5. The van der Waals surface area contributed by atoms with Gasteiger partial charge < -0.3 is 24.3 Å². The Hall–Kier alpha value is -5.42. The SMILES string of the molecule is CCN(CC)C(=O)C1=C(C)N=c2s/c(=C/c3cn(CC(=O)Nc4ccccc4)c4ccccc34)c(=O)n2[C@@H]1c1cc(OC)ccc1OC. The van der Waals surface area contributed by atoms with Crippen LogP contribution in [-0.4, -0.2) is 53.2 Å². The zero-order valence-corrected chi connectivity index (χ0v) is 28.3. The molecule has 2 aromatic heterocycles. The maximum atomic E-state index is 14.5. The van der Waals surface area contributed by atoms with Crippen molar-refractivity contribution in [1.82, 2.24) is 14.0 Å². The number of rotatable bonds is 10. The Morgan fingerprint density at radius 1 is 1.00 bits per heavy atom. The minimum absolute atomic E-state index is 0.0934. The van der Waals surface area contributed by atoms with Gasteiger partial charge in [-0.3, -0.25) is 19.0 Å². The molecule has 0 radical (unpaired) electrons. The van der Waals surface area contributed by atoms with E-state index < -0.39 is 6.04 Å². The highest BCUT2D eigenvalue weighted by atomic mass is 32.1. The molecular formula is C37H37N5O5S. The molecule has 0 spiro atoms. The van der Waals surface area contributed by atoms with Gasteiger partial charge in [-0.15, -0.1) is 0 Å². The number of hydrogen-bond acceptors (Lipinski definition) is 7. The molecule has 1 atom stereocenters. The number of amides is 2. The van der Waals surface area contributed by atoms with Crippen LogP contribution in [0.2, 0.25) is 0 Å². The number of nitrogens with zero attached hydrogens (tertiary/aromatic N) is 4. The van der Waals surface area contributed by atoms with E-state index in [0.717, 1.165) is 22.2 Å². The second-order valence-electron chi connectivity index (χ2n) is 11.3. The fourth-order valence-corrected chi connectivity index (χ4v) is 7.20. The van der Waals surface area contributed by atoms with Crippen LogP contribution in [0.5, 0.6) is 11.5 Å². The largest absolute Gasteiger partial charge is 0.497 e. The molecule has 3 aromatic carbocycles. The number of aromatic nitrogens is 2. The predicted molar refractivity (Wildman–Crippen MR) is 188 cm³/mol. The van der Waals surface area contributed by atoms with Crippen LogP contribution in [0, 0.1) is 0 Å². The Bertz CT molecular complexity index is 2230. The first-order valence-corrected chi connectivity index (χ1v) is 16.6. The first-order chi connectivity index (χ1) is 23.3. The molecule has 6 rings (SSSR count). The number of thiazole rings is 1. The van der Waals surface area contributed by atoms with E-state index in [4.69, 9.17) is 14.5 Å². The Balaban J connectivity index is 1.50. The molecule has 1 N–H and O–H groups in total. The van der Waals surface area contributed by atoms with Gasteiger partial charge in [0.05, 0.1) is 30.0 Å². The van der Waals surface area contributed by atoms with Crippen LogP contribution < -0.4 is 29.7 Å². The summed E-state index contributed by atoms with van der Waals surface area (Å²) in [6, 6.07) is 21.7. The number of benzene rings is 3. The van der Waals surface area contributed by atoms with Gasteiger partial charge in [-0.1, -0.05) is 47.7 Å². The van der Waals surface area contributed by atoms with E-state index in [2.05, 4.69) is 5.32 Å². The summed E-state index contributed by atoms with van der Waals surface area (Å²) >= 11 is 1.26. The number of para-hydroxylation sites is 2. The van der Waals surface area contributed by atoms with Crippen LogP contribution in [-0.2, 0) is 16.1 Å². The number of carbonyl (C=O) groups excluding carboxylic acids is 2. The summed E-state index contributed by atoms with van der Waals surface area (Å²) in [6.07, 6.45) is 3.72. The lowest BCUT2D eigenvalue weighted by Crippen LogP contribution is -2.43. The highest BCUT2D eigenvalue weighted by molar-refractivity contribution is 7.07. The van der Waals surface area contributed by atoms with Gasteiger partial charge in [-0.2, -0.15) is 0 Å². The number of ether oxygens (including phenoxy) is 2. The van der Waals surface area contributed by atoms with E-state index in [1.807, 2.05) is 98.3 Å². The quantitative estimate of drug-likeness (QED) is 0.233. The maximum Gasteiger partial charge on any atom is 0.271 e. The van der Waals surface area contributed by atoms with Crippen molar-refractivity contribution in [2.24, 2.45) is 4.99 Å². The molecule has 246 valence electrons. The van der Waals surface area contributed by atoms with Crippen molar-refractivity contribution < 1.29 is 19.1 Å². The van der Waals surface area contributed by atoms with E-state index in [0.29, 0.717) is 50.8 Å². The number of methoxy groups -OCH3 is 2. The maximum absolute atomic E-state index is 14.5. The third-order valence-corrected chi connectivity index (χ3v) is 9.49. The molecule has 0 aliphatic carbocycles. The molecule has 3 heterocycles. The van der Waals surface area contributed by atoms with Crippen LogP contribution in [0.25, 0.3) is 17.0 Å². The summed E-state index contributed by atoms with van der Waals surface area (Å²) in [5.41, 5.74) is 3.65. The number of fused-ring (bicyclic) bond motifs is 2. The summed E-state index contributed by atoms with van der Waals surface area (Å²) in [5, 5.41) is 3.84. The molecule has 0 fully saturated rings. The lowest BCUT2D eigenvalue weighted by atomic mass is 9.93. The molecule has 10 nitrogen and oxygen atoms in total. The monoisotopic (exact) mass is 663 g/mol. The lowest BCUT2D eigenvalue weighted by Gasteiger charge is -2.30. The van der Waals surface area contributed by atoms with Gasteiger partial charge in [0.1, 0.15) is 24.1 Å². The Morgan fingerprint density at radius 3 is 2.44 bits per heavy atom. The molecule has 2 amide bonds. The van der Waals surface area contributed by atoms with Crippen molar-refractivity contribution in [3.63, 3.8) is 0 Å². The summed E-state index contributed by atoms with van der Waals surface area (Å²) in [7, 11) is 3.13. The summed E-state index contributed by atoms with van der Waals surface area (Å²) < 4.78 is 15.2. The summed E-state index contributed by atoms with van der Waals surface area (Å²) in [4.78, 5) is 48.5. The third-order valence-electron chi connectivity index (χ3n) is 8.51. The van der Waals surface area contributed by atoms with Gasteiger partial charge in [0.2, 0.25) is 5.91 Å². The molecule has 0 bridgehead atoms.